The second kappa shape index (κ2) is 5.89. The molecule has 2 rings (SSSR count). The van der Waals surface area contributed by atoms with Gasteiger partial charge in [-0.3, -0.25) is 0 Å². The topological polar surface area (TPSA) is 32.8 Å². The predicted octanol–water partition coefficient (Wildman–Crippen LogP) is 2.48. The van der Waals surface area contributed by atoms with Crippen LogP contribution in [-0.2, 0) is 25.6 Å². The van der Waals surface area contributed by atoms with E-state index < -0.39 is 5.60 Å². The van der Waals surface area contributed by atoms with Gasteiger partial charge in [0.15, 0.2) is 0 Å². The molecule has 2 aliphatic rings. The van der Waals surface area contributed by atoms with Crippen LogP contribution in [-0.4, -0.2) is 52.3 Å². The minimum atomic E-state index is -0.428. The molecule has 0 radical (unpaired) electrons. The molecule has 20 heavy (non-hydrogen) atoms. The highest BCUT2D eigenvalue weighted by molar-refractivity contribution is 8.27. The molecule has 0 aliphatic carbocycles. The lowest BCUT2D eigenvalue weighted by Gasteiger charge is -2.45. The Bertz CT molecular complexity index is 408. The van der Waals surface area contributed by atoms with E-state index in [2.05, 4.69) is 10.6 Å². The Kier molecular flexibility index (Phi) is 4.76. The van der Waals surface area contributed by atoms with Crippen LogP contribution < -0.4 is 0 Å². The fraction of sp³-hybridized carbons (Fsp3) is 0.929. The summed E-state index contributed by atoms with van der Waals surface area (Å²) in [7, 11) is -0.133. The SMILES string of the molecule is CS(=S)N1CCCC2(CCCN2C(=O)OC(C)(C)C)C1. The summed E-state index contributed by atoms with van der Waals surface area (Å²) < 4.78 is 7.94. The molecule has 2 atom stereocenters. The first-order valence-electron chi connectivity index (χ1n) is 7.33. The molecule has 0 saturated carbocycles. The van der Waals surface area contributed by atoms with E-state index >= 15 is 0 Å². The molecular weight excluding hydrogens is 292 g/mol. The Morgan fingerprint density at radius 2 is 1.85 bits per heavy atom. The number of ether oxygens (including phenoxy) is 1. The van der Waals surface area contributed by atoms with Gasteiger partial charge in [0.2, 0.25) is 0 Å². The van der Waals surface area contributed by atoms with E-state index in [1.807, 2.05) is 25.7 Å². The number of nitrogens with zero attached hydrogens (tertiary/aromatic N) is 2. The maximum atomic E-state index is 12.5. The number of piperidine rings is 1. The normalized spacial score (nSPS) is 29.7. The number of carbonyl (C=O) groups is 1. The minimum Gasteiger partial charge on any atom is -0.444 e. The lowest BCUT2D eigenvalue weighted by Crippen LogP contribution is -2.58. The van der Waals surface area contributed by atoms with Crippen molar-refractivity contribution in [2.24, 2.45) is 0 Å². The van der Waals surface area contributed by atoms with E-state index in [9.17, 15) is 4.79 Å². The van der Waals surface area contributed by atoms with Crippen molar-refractivity contribution in [3.8, 4) is 0 Å². The second-order valence-electron chi connectivity index (χ2n) is 6.85. The van der Waals surface area contributed by atoms with Gasteiger partial charge in [-0.1, -0.05) is 9.64 Å². The average Bonchev–Trinajstić information content (AvgIpc) is 2.70. The van der Waals surface area contributed by atoms with Crippen molar-refractivity contribution in [1.82, 2.24) is 9.21 Å². The van der Waals surface area contributed by atoms with Gasteiger partial charge in [-0.2, -0.15) is 0 Å². The average molecular weight is 319 g/mol. The summed E-state index contributed by atoms with van der Waals surface area (Å²) in [6, 6.07) is 0. The van der Waals surface area contributed by atoms with Crippen molar-refractivity contribution in [3.05, 3.63) is 0 Å². The summed E-state index contributed by atoms with van der Waals surface area (Å²) in [5, 5.41) is 0. The van der Waals surface area contributed by atoms with Gasteiger partial charge < -0.3 is 9.64 Å². The van der Waals surface area contributed by atoms with Crippen molar-refractivity contribution in [2.75, 3.05) is 25.9 Å². The minimum absolute atomic E-state index is 0.0410. The second-order valence-corrected chi connectivity index (χ2v) is 9.66. The quantitative estimate of drug-likeness (QED) is 0.743. The fourth-order valence-electron chi connectivity index (χ4n) is 3.25. The largest absolute Gasteiger partial charge is 0.444 e. The number of likely N-dealkylation sites (tertiary alicyclic amines) is 1. The van der Waals surface area contributed by atoms with Gasteiger partial charge in [-0.25, -0.2) is 9.10 Å². The van der Waals surface area contributed by atoms with Crippen LogP contribution in [0, 0.1) is 0 Å². The zero-order chi connectivity index (χ0) is 15.0. The van der Waals surface area contributed by atoms with Gasteiger partial charge in [-0.15, -0.1) is 0 Å². The monoisotopic (exact) mass is 318 g/mol. The zero-order valence-corrected chi connectivity index (χ0v) is 14.6. The first kappa shape index (κ1) is 16.2. The summed E-state index contributed by atoms with van der Waals surface area (Å²) >= 11 is 5.43. The Balaban J connectivity index is 2.13. The van der Waals surface area contributed by atoms with Crippen LogP contribution >= 0.6 is 0 Å². The van der Waals surface area contributed by atoms with Crippen LogP contribution in [0.1, 0.15) is 46.5 Å². The third kappa shape index (κ3) is 3.52. The number of amides is 1. The summed E-state index contributed by atoms with van der Waals surface area (Å²) in [4.78, 5) is 14.5. The standard InChI is InChI=1S/C14H26N2O2S2/c1-13(2,3)18-12(17)16-10-6-8-14(16)7-5-9-15(11-14)20(4)19/h5-11H2,1-4H3. The van der Waals surface area contributed by atoms with E-state index in [-0.39, 0.29) is 21.3 Å². The first-order chi connectivity index (χ1) is 9.23. The molecule has 0 aromatic rings. The van der Waals surface area contributed by atoms with Crippen molar-refractivity contribution in [2.45, 2.75) is 57.6 Å². The van der Waals surface area contributed by atoms with E-state index in [4.69, 9.17) is 15.9 Å². The number of hydrogen-bond acceptors (Lipinski definition) is 3. The predicted molar refractivity (Wildman–Crippen MR) is 86.4 cm³/mol. The third-order valence-electron chi connectivity index (χ3n) is 4.09. The van der Waals surface area contributed by atoms with Gasteiger partial charge >= 0.3 is 6.09 Å². The molecule has 116 valence electrons. The lowest BCUT2D eigenvalue weighted by atomic mass is 9.87. The van der Waals surface area contributed by atoms with Crippen molar-refractivity contribution in [1.29, 1.82) is 0 Å². The van der Waals surface area contributed by atoms with Crippen LogP contribution in [0.25, 0.3) is 0 Å². The highest BCUT2D eigenvalue weighted by Crippen LogP contribution is 2.38. The molecule has 0 bridgehead atoms. The summed E-state index contributed by atoms with van der Waals surface area (Å²) in [5.74, 6) is 0. The van der Waals surface area contributed by atoms with Gasteiger partial charge in [-0.05, 0) is 57.6 Å². The first-order valence-corrected chi connectivity index (χ1v) is 9.84. The van der Waals surface area contributed by atoms with Crippen LogP contribution in [0.15, 0.2) is 0 Å². The van der Waals surface area contributed by atoms with Crippen molar-refractivity contribution >= 4 is 26.9 Å². The van der Waals surface area contributed by atoms with Crippen LogP contribution in [0.2, 0.25) is 0 Å². The molecule has 1 amide bonds. The van der Waals surface area contributed by atoms with Crippen LogP contribution in [0.5, 0.6) is 0 Å². The molecule has 2 unspecified atom stereocenters. The van der Waals surface area contributed by atoms with E-state index in [1.54, 1.807) is 0 Å². The zero-order valence-electron chi connectivity index (χ0n) is 13.0. The van der Waals surface area contributed by atoms with Gasteiger partial charge in [0, 0.05) is 25.9 Å². The summed E-state index contributed by atoms with van der Waals surface area (Å²) in [6.07, 6.45) is 6.28. The molecular formula is C14H26N2O2S2. The van der Waals surface area contributed by atoms with Gasteiger partial charge in [0.05, 0.1) is 5.54 Å². The maximum absolute atomic E-state index is 12.5. The highest BCUT2D eigenvalue weighted by atomic mass is 32.8. The number of hydrogen-bond donors (Lipinski definition) is 0. The third-order valence-corrected chi connectivity index (χ3v) is 5.77. The van der Waals surface area contributed by atoms with E-state index in [0.29, 0.717) is 0 Å². The Labute approximate surface area is 129 Å². The highest BCUT2D eigenvalue weighted by Gasteiger charge is 2.47. The summed E-state index contributed by atoms with van der Waals surface area (Å²) in [5.41, 5.74) is -0.469. The smallest absolute Gasteiger partial charge is 0.410 e. The van der Waals surface area contributed by atoms with Crippen LogP contribution in [0.3, 0.4) is 0 Å². The molecule has 2 aliphatic heterocycles. The molecule has 0 aromatic heterocycles. The van der Waals surface area contributed by atoms with Crippen LogP contribution in [0.4, 0.5) is 4.79 Å². The van der Waals surface area contributed by atoms with Crippen molar-refractivity contribution < 1.29 is 9.53 Å². The molecule has 4 nitrogen and oxygen atoms in total. The van der Waals surface area contributed by atoms with Crippen molar-refractivity contribution in [3.63, 3.8) is 0 Å². The Hall–Kier alpha value is -0.200. The Morgan fingerprint density at radius 1 is 1.25 bits per heavy atom. The molecule has 2 saturated heterocycles. The van der Waals surface area contributed by atoms with Gasteiger partial charge in [0.1, 0.15) is 5.60 Å². The number of carbonyl (C=O) groups excluding carboxylic acids is 1. The lowest BCUT2D eigenvalue weighted by molar-refractivity contribution is -0.00185. The maximum Gasteiger partial charge on any atom is 0.410 e. The Morgan fingerprint density at radius 3 is 2.40 bits per heavy atom. The fourth-order valence-corrected chi connectivity index (χ4v) is 4.45. The molecule has 6 heteroatoms. The van der Waals surface area contributed by atoms with Gasteiger partial charge in [0.25, 0.3) is 0 Å². The molecule has 2 heterocycles. The van der Waals surface area contributed by atoms with E-state index in [0.717, 1.165) is 45.3 Å². The van der Waals surface area contributed by atoms with E-state index in [1.165, 1.54) is 0 Å². The number of rotatable bonds is 1. The summed E-state index contributed by atoms with van der Waals surface area (Å²) in [6.45, 7) is 8.56. The molecule has 0 N–H and O–H groups in total. The molecule has 2 fully saturated rings. The molecule has 1 spiro atoms. The molecule has 0 aromatic carbocycles.